The summed E-state index contributed by atoms with van der Waals surface area (Å²) >= 11 is 3.19. The van der Waals surface area contributed by atoms with Gasteiger partial charge in [0.25, 0.3) is 11.9 Å². The fourth-order valence-electron chi connectivity index (χ4n) is 2.43. The van der Waals surface area contributed by atoms with Crippen LogP contribution in [0.3, 0.4) is 0 Å². The summed E-state index contributed by atoms with van der Waals surface area (Å²) in [6, 6.07) is 3.14. The van der Waals surface area contributed by atoms with E-state index in [1.54, 1.807) is 6.07 Å². The van der Waals surface area contributed by atoms with E-state index in [9.17, 15) is 22.4 Å². The van der Waals surface area contributed by atoms with Gasteiger partial charge in [-0.25, -0.2) is 9.97 Å². The lowest BCUT2D eigenvalue weighted by molar-refractivity contribution is -0.202. The minimum Gasteiger partial charge on any atom is -0.453 e. The van der Waals surface area contributed by atoms with Gasteiger partial charge in [-0.1, -0.05) is 6.92 Å². The van der Waals surface area contributed by atoms with Crippen molar-refractivity contribution in [3.05, 3.63) is 52.3 Å². The molecule has 156 valence electrons. The number of halogens is 5. The lowest BCUT2D eigenvalue weighted by atomic mass is 9.95. The number of nitrogens with zero attached hydrogens (tertiary/aromatic N) is 2. The Bertz CT molecular complexity index is 892. The summed E-state index contributed by atoms with van der Waals surface area (Å²) in [6.45, 7) is 1.34. The number of aromatic nitrogens is 2. The molecule has 2 atom stereocenters. The Kier molecular flexibility index (Phi) is 7.11. The molecule has 2 rings (SSSR count). The number of carbonyl (C=O) groups excluding carboxylic acids is 1. The molecule has 0 aliphatic heterocycles. The lowest BCUT2D eigenvalue weighted by Crippen LogP contribution is -2.37. The van der Waals surface area contributed by atoms with Crippen LogP contribution in [-0.4, -0.2) is 34.2 Å². The van der Waals surface area contributed by atoms with Gasteiger partial charge in [-0.05, 0) is 40.0 Å². The molecule has 1 amide bonds. The van der Waals surface area contributed by atoms with E-state index in [1.165, 1.54) is 25.3 Å². The molecule has 29 heavy (non-hydrogen) atoms. The van der Waals surface area contributed by atoms with E-state index < -0.39 is 42.5 Å². The van der Waals surface area contributed by atoms with Crippen LogP contribution in [0.5, 0.6) is 0 Å². The summed E-state index contributed by atoms with van der Waals surface area (Å²) < 4.78 is 58.3. The summed E-state index contributed by atoms with van der Waals surface area (Å²) in [5.74, 6) is -2.59. The van der Waals surface area contributed by atoms with Gasteiger partial charge < -0.3 is 15.8 Å². The molecular weight excluding hydrogens is 462 g/mol. The monoisotopic (exact) mass is 477 g/mol. The number of anilines is 1. The van der Waals surface area contributed by atoms with Crippen LogP contribution in [0.4, 0.5) is 23.2 Å². The quantitative estimate of drug-likeness (QED) is 0.252. The van der Waals surface area contributed by atoms with Gasteiger partial charge in [-0.15, -0.1) is 0 Å². The zero-order valence-electron chi connectivity index (χ0n) is 14.9. The minimum absolute atomic E-state index is 0.0824. The number of hydrogen-bond acceptors (Lipinski definition) is 5. The average molecular weight is 478 g/mol. The first-order valence-electron chi connectivity index (χ1n) is 8.13. The van der Waals surface area contributed by atoms with Crippen molar-refractivity contribution < 1.29 is 27.1 Å². The highest BCUT2D eigenvalue weighted by molar-refractivity contribution is 9.10. The van der Waals surface area contributed by atoms with E-state index in [-0.39, 0.29) is 16.9 Å². The van der Waals surface area contributed by atoms with E-state index in [2.05, 4.69) is 36.0 Å². The van der Waals surface area contributed by atoms with Gasteiger partial charge in [-0.3, -0.25) is 10.2 Å². The van der Waals surface area contributed by atoms with E-state index in [1.807, 2.05) is 0 Å². The molecule has 2 aromatic rings. The second-order valence-corrected chi connectivity index (χ2v) is 6.98. The zero-order valence-corrected chi connectivity index (χ0v) is 16.5. The summed E-state index contributed by atoms with van der Waals surface area (Å²) in [5, 5.41) is 9.38. The maximum absolute atomic E-state index is 14.1. The Morgan fingerprint density at radius 2 is 2.03 bits per heavy atom. The first-order chi connectivity index (χ1) is 13.5. The third kappa shape index (κ3) is 6.38. The number of carbonyl (C=O) groups is 1. The number of ether oxygens (including phenoxy) is 1. The van der Waals surface area contributed by atoms with Gasteiger partial charge in [0, 0.05) is 22.7 Å². The number of alkyl halides is 3. The van der Waals surface area contributed by atoms with Gasteiger partial charge >= 0.3 is 6.18 Å². The molecular formula is C17H16BrF4N5O2. The van der Waals surface area contributed by atoms with E-state index in [4.69, 9.17) is 11.1 Å². The fourth-order valence-corrected chi connectivity index (χ4v) is 2.67. The Balaban J connectivity index is 2.19. The van der Waals surface area contributed by atoms with Gasteiger partial charge in [0.15, 0.2) is 6.10 Å². The number of pyridine rings is 2. The zero-order chi connectivity index (χ0) is 21.8. The van der Waals surface area contributed by atoms with Crippen molar-refractivity contribution in [3.63, 3.8) is 0 Å². The summed E-state index contributed by atoms with van der Waals surface area (Å²) in [5.41, 5.74) is 4.90. The molecule has 0 unspecified atom stereocenters. The third-order valence-electron chi connectivity index (χ3n) is 3.82. The topological polar surface area (TPSA) is 114 Å². The standard InChI is InChI=1S/C17H16BrF4N5O2/c1-8(4-13(17(20,21)22)29-16(23)24)11-5-10(7-26-14(11)19)27-15(28)12-3-2-9(18)6-25-12/h2-3,5-8,13H,4H2,1H3,(H3,23,24)(H,27,28)/t8-,13-/m0/s1. The average Bonchev–Trinajstić information content (AvgIpc) is 2.62. The third-order valence-corrected chi connectivity index (χ3v) is 4.29. The Labute approximate surface area is 171 Å². The van der Waals surface area contributed by atoms with Crippen LogP contribution in [0.25, 0.3) is 0 Å². The minimum atomic E-state index is -4.80. The van der Waals surface area contributed by atoms with Crippen molar-refractivity contribution in [2.75, 3.05) is 5.32 Å². The van der Waals surface area contributed by atoms with Gasteiger partial charge in [0.1, 0.15) is 5.69 Å². The van der Waals surface area contributed by atoms with Crippen molar-refractivity contribution in [3.8, 4) is 0 Å². The van der Waals surface area contributed by atoms with Crippen molar-refractivity contribution >= 4 is 33.5 Å². The summed E-state index contributed by atoms with van der Waals surface area (Å²) in [4.78, 5) is 19.6. The molecule has 4 N–H and O–H groups in total. The van der Waals surface area contributed by atoms with Crippen LogP contribution in [0.2, 0.25) is 0 Å². The molecule has 2 aromatic heterocycles. The second-order valence-electron chi connectivity index (χ2n) is 6.07. The van der Waals surface area contributed by atoms with Crippen molar-refractivity contribution in [1.82, 2.24) is 9.97 Å². The predicted octanol–water partition coefficient (Wildman–Crippen LogP) is 3.97. The molecule has 12 heteroatoms. The van der Waals surface area contributed by atoms with Crippen LogP contribution in [0.15, 0.2) is 35.1 Å². The maximum Gasteiger partial charge on any atom is 0.425 e. The SMILES string of the molecule is C[C@@H](C[C@H](OC(=N)N)C(F)(F)F)c1cc(NC(=O)c2ccc(Br)cn2)cnc1F. The van der Waals surface area contributed by atoms with Crippen LogP contribution in [0.1, 0.15) is 35.3 Å². The first kappa shape index (κ1) is 22.5. The molecule has 0 saturated carbocycles. The molecule has 0 spiro atoms. The van der Waals surface area contributed by atoms with Gasteiger partial charge in [0.05, 0.1) is 11.9 Å². The fraction of sp³-hybridized carbons (Fsp3) is 0.294. The molecule has 2 heterocycles. The van der Waals surface area contributed by atoms with Crippen LogP contribution >= 0.6 is 15.9 Å². The Hall–Kier alpha value is -2.76. The molecule has 0 radical (unpaired) electrons. The predicted molar refractivity (Wildman–Crippen MR) is 100.0 cm³/mol. The number of nitrogens with one attached hydrogen (secondary N) is 2. The number of amidine groups is 1. The number of amides is 1. The molecule has 0 saturated heterocycles. The molecule has 0 aromatic carbocycles. The van der Waals surface area contributed by atoms with Gasteiger partial charge in [0.2, 0.25) is 5.95 Å². The Morgan fingerprint density at radius 3 is 2.59 bits per heavy atom. The van der Waals surface area contributed by atoms with Crippen molar-refractivity contribution in [1.29, 1.82) is 5.41 Å². The normalized spacial score (nSPS) is 13.4. The van der Waals surface area contributed by atoms with E-state index in [0.717, 1.165) is 6.20 Å². The van der Waals surface area contributed by atoms with Crippen LogP contribution in [-0.2, 0) is 4.74 Å². The highest BCUT2D eigenvalue weighted by atomic mass is 79.9. The van der Waals surface area contributed by atoms with Crippen molar-refractivity contribution in [2.45, 2.75) is 31.5 Å². The Morgan fingerprint density at radius 1 is 1.34 bits per heavy atom. The highest BCUT2D eigenvalue weighted by Crippen LogP contribution is 2.33. The van der Waals surface area contributed by atoms with Crippen LogP contribution in [0, 0.1) is 11.4 Å². The second kappa shape index (κ2) is 9.16. The highest BCUT2D eigenvalue weighted by Gasteiger charge is 2.43. The van der Waals surface area contributed by atoms with E-state index >= 15 is 0 Å². The number of nitrogens with two attached hydrogens (primary N) is 1. The molecule has 0 aliphatic carbocycles. The molecule has 0 aliphatic rings. The number of hydrogen-bond donors (Lipinski definition) is 3. The summed E-state index contributed by atoms with van der Waals surface area (Å²) in [7, 11) is 0. The molecule has 0 fully saturated rings. The van der Waals surface area contributed by atoms with Crippen LogP contribution < -0.4 is 11.1 Å². The molecule has 7 nitrogen and oxygen atoms in total. The number of rotatable bonds is 6. The summed E-state index contributed by atoms with van der Waals surface area (Å²) in [6.07, 6.45) is -5.44. The lowest BCUT2D eigenvalue weighted by Gasteiger charge is -2.24. The first-order valence-corrected chi connectivity index (χ1v) is 8.92. The largest absolute Gasteiger partial charge is 0.453 e. The maximum atomic E-state index is 14.1. The van der Waals surface area contributed by atoms with E-state index in [0.29, 0.717) is 4.47 Å². The van der Waals surface area contributed by atoms with Crippen molar-refractivity contribution in [2.24, 2.45) is 5.73 Å². The smallest absolute Gasteiger partial charge is 0.425 e. The van der Waals surface area contributed by atoms with Gasteiger partial charge in [-0.2, -0.15) is 17.6 Å². The molecule has 0 bridgehead atoms.